The Morgan fingerprint density at radius 3 is 2.75 bits per heavy atom. The average Bonchev–Trinajstić information content (AvgIpc) is 2.47. The number of methoxy groups -OCH3 is 1. The second-order valence-electron chi connectivity index (χ2n) is 4.33. The summed E-state index contributed by atoms with van der Waals surface area (Å²) in [7, 11) is 1.49. The second-order valence-corrected chi connectivity index (χ2v) is 4.33. The minimum atomic E-state index is -0.868. The summed E-state index contributed by atoms with van der Waals surface area (Å²) in [6.45, 7) is 0. The normalized spacial score (nSPS) is 16.9. The summed E-state index contributed by atoms with van der Waals surface area (Å²) < 4.78 is 24.7. The predicted molar refractivity (Wildman–Crippen MR) is 70.2 cm³/mol. The van der Waals surface area contributed by atoms with Crippen LogP contribution >= 0.6 is 0 Å². The molecule has 0 unspecified atom stereocenters. The molecular weight excluding hydrogens is 261 g/mol. The number of carbonyl (C=O) groups excluding carboxylic acids is 1. The summed E-state index contributed by atoms with van der Waals surface area (Å²) in [6.07, 6.45) is -0.868. The summed E-state index contributed by atoms with van der Waals surface area (Å²) in [5, 5.41) is 2.62. The van der Waals surface area contributed by atoms with E-state index in [0.29, 0.717) is 17.1 Å². The molecule has 0 spiro atoms. The van der Waals surface area contributed by atoms with Gasteiger partial charge in [0.25, 0.3) is 5.91 Å². The summed E-state index contributed by atoms with van der Waals surface area (Å²) in [5.41, 5.74) is 0.648. The molecule has 1 aliphatic rings. The van der Waals surface area contributed by atoms with E-state index in [4.69, 9.17) is 9.47 Å². The van der Waals surface area contributed by atoms with E-state index in [-0.39, 0.29) is 11.5 Å². The van der Waals surface area contributed by atoms with Crippen LogP contribution in [0.15, 0.2) is 42.5 Å². The van der Waals surface area contributed by atoms with Gasteiger partial charge >= 0.3 is 0 Å². The molecule has 0 aromatic heterocycles. The van der Waals surface area contributed by atoms with Crippen molar-refractivity contribution in [3.05, 3.63) is 59.4 Å². The Morgan fingerprint density at radius 2 is 2.00 bits per heavy atom. The van der Waals surface area contributed by atoms with Crippen molar-refractivity contribution >= 4 is 5.91 Å². The quantitative estimate of drug-likeness (QED) is 0.915. The zero-order valence-electron chi connectivity index (χ0n) is 10.7. The van der Waals surface area contributed by atoms with Crippen LogP contribution in [0.5, 0.6) is 11.5 Å². The molecule has 1 amide bonds. The summed E-state index contributed by atoms with van der Waals surface area (Å²) in [6, 6.07) is 11.2. The third kappa shape index (κ3) is 1.97. The van der Waals surface area contributed by atoms with E-state index >= 15 is 0 Å². The van der Waals surface area contributed by atoms with Crippen molar-refractivity contribution in [1.82, 2.24) is 5.32 Å². The highest BCUT2D eigenvalue weighted by atomic mass is 19.1. The number of benzene rings is 2. The molecule has 0 saturated heterocycles. The molecule has 20 heavy (non-hydrogen) atoms. The van der Waals surface area contributed by atoms with Crippen LogP contribution in [-0.4, -0.2) is 13.0 Å². The Balaban J connectivity index is 2.04. The Kier molecular flexibility index (Phi) is 3.02. The molecule has 3 rings (SSSR count). The molecule has 102 valence electrons. The van der Waals surface area contributed by atoms with Crippen LogP contribution < -0.4 is 14.8 Å². The Bertz CT molecular complexity index is 672. The molecule has 1 aliphatic heterocycles. The Hall–Kier alpha value is -2.56. The lowest BCUT2D eigenvalue weighted by Gasteiger charge is -2.28. The van der Waals surface area contributed by atoms with Crippen molar-refractivity contribution in [3.8, 4) is 11.5 Å². The molecule has 0 radical (unpaired) electrons. The van der Waals surface area contributed by atoms with Gasteiger partial charge in [0, 0.05) is 5.56 Å². The van der Waals surface area contributed by atoms with Crippen molar-refractivity contribution in [1.29, 1.82) is 0 Å². The lowest BCUT2D eigenvalue weighted by molar-refractivity contribution is 0.0739. The molecule has 2 aromatic carbocycles. The van der Waals surface area contributed by atoms with Gasteiger partial charge in [0.2, 0.25) is 6.23 Å². The molecule has 0 bridgehead atoms. The number of carbonyl (C=O) groups is 1. The second kappa shape index (κ2) is 4.85. The van der Waals surface area contributed by atoms with Crippen LogP contribution in [-0.2, 0) is 0 Å². The van der Waals surface area contributed by atoms with Crippen molar-refractivity contribution in [2.45, 2.75) is 6.23 Å². The third-order valence-corrected chi connectivity index (χ3v) is 3.13. The average molecular weight is 273 g/mol. The first kappa shape index (κ1) is 12.5. The number of hydrogen-bond acceptors (Lipinski definition) is 3. The van der Waals surface area contributed by atoms with Crippen LogP contribution in [0.3, 0.4) is 0 Å². The van der Waals surface area contributed by atoms with E-state index in [1.165, 1.54) is 13.2 Å². The van der Waals surface area contributed by atoms with Gasteiger partial charge in [-0.1, -0.05) is 24.3 Å². The van der Waals surface area contributed by atoms with E-state index in [2.05, 4.69) is 5.32 Å². The zero-order valence-corrected chi connectivity index (χ0v) is 10.7. The summed E-state index contributed by atoms with van der Waals surface area (Å²) in [4.78, 5) is 12.1. The fourth-order valence-corrected chi connectivity index (χ4v) is 2.15. The topological polar surface area (TPSA) is 47.6 Å². The number of para-hydroxylation sites is 1. The fourth-order valence-electron chi connectivity index (χ4n) is 2.15. The third-order valence-electron chi connectivity index (χ3n) is 3.13. The van der Waals surface area contributed by atoms with Crippen LogP contribution in [0.1, 0.15) is 22.1 Å². The Morgan fingerprint density at radius 1 is 1.20 bits per heavy atom. The van der Waals surface area contributed by atoms with E-state index in [1.54, 1.807) is 36.4 Å². The number of ether oxygens (including phenoxy) is 2. The molecule has 0 saturated carbocycles. The van der Waals surface area contributed by atoms with Gasteiger partial charge in [-0.25, -0.2) is 4.39 Å². The molecule has 5 heteroatoms. The van der Waals surface area contributed by atoms with Crippen molar-refractivity contribution < 1.29 is 18.7 Å². The van der Waals surface area contributed by atoms with Gasteiger partial charge in [-0.3, -0.25) is 4.79 Å². The van der Waals surface area contributed by atoms with Crippen LogP contribution in [0.2, 0.25) is 0 Å². The number of amides is 1. The van der Waals surface area contributed by atoms with Crippen molar-refractivity contribution in [2.75, 3.05) is 7.11 Å². The van der Waals surface area contributed by atoms with Crippen LogP contribution in [0.4, 0.5) is 4.39 Å². The van der Waals surface area contributed by atoms with E-state index in [1.807, 2.05) is 0 Å². The summed E-state index contributed by atoms with van der Waals surface area (Å²) >= 11 is 0. The highest BCUT2D eigenvalue weighted by Gasteiger charge is 2.30. The van der Waals surface area contributed by atoms with Gasteiger partial charge in [0.1, 0.15) is 5.82 Å². The molecule has 0 fully saturated rings. The van der Waals surface area contributed by atoms with Crippen molar-refractivity contribution in [3.63, 3.8) is 0 Å². The van der Waals surface area contributed by atoms with E-state index in [9.17, 15) is 9.18 Å². The first-order chi connectivity index (χ1) is 9.70. The molecule has 1 N–H and O–H groups in total. The highest BCUT2D eigenvalue weighted by molar-refractivity contribution is 5.98. The number of fused-ring (bicyclic) bond motifs is 1. The van der Waals surface area contributed by atoms with Crippen LogP contribution in [0, 0.1) is 5.82 Å². The van der Waals surface area contributed by atoms with Gasteiger partial charge in [-0.15, -0.1) is 0 Å². The van der Waals surface area contributed by atoms with Crippen molar-refractivity contribution in [2.24, 2.45) is 0 Å². The van der Waals surface area contributed by atoms with Gasteiger partial charge < -0.3 is 14.8 Å². The number of hydrogen-bond donors (Lipinski definition) is 1. The van der Waals surface area contributed by atoms with Gasteiger partial charge in [0.05, 0.1) is 12.7 Å². The minimum absolute atomic E-state index is 0.275. The lowest BCUT2D eigenvalue weighted by atomic mass is 10.1. The van der Waals surface area contributed by atoms with Crippen LogP contribution in [0.25, 0.3) is 0 Å². The SMILES string of the molecule is COc1cccc2c1O[C@@H](c1ccccc1F)NC2=O. The maximum atomic E-state index is 13.8. The standard InChI is InChI=1S/C15H12FNO3/c1-19-12-8-4-6-10-13(12)20-15(17-14(10)18)9-5-2-3-7-11(9)16/h2-8,15H,1H3,(H,17,18)/t15-/m0/s1. The molecule has 1 atom stereocenters. The van der Waals surface area contributed by atoms with E-state index in [0.717, 1.165) is 0 Å². The lowest BCUT2D eigenvalue weighted by Crippen LogP contribution is -2.37. The maximum absolute atomic E-state index is 13.8. The number of nitrogens with one attached hydrogen (secondary N) is 1. The smallest absolute Gasteiger partial charge is 0.258 e. The highest BCUT2D eigenvalue weighted by Crippen LogP contribution is 2.37. The van der Waals surface area contributed by atoms with Gasteiger partial charge in [0.15, 0.2) is 11.5 Å². The molecule has 2 aromatic rings. The predicted octanol–water partition coefficient (Wildman–Crippen LogP) is 2.66. The zero-order chi connectivity index (χ0) is 14.1. The fraction of sp³-hybridized carbons (Fsp3) is 0.133. The molecule has 1 heterocycles. The molecule has 0 aliphatic carbocycles. The first-order valence-electron chi connectivity index (χ1n) is 6.09. The monoisotopic (exact) mass is 273 g/mol. The number of halogens is 1. The first-order valence-corrected chi connectivity index (χ1v) is 6.09. The van der Waals surface area contributed by atoms with Gasteiger partial charge in [-0.2, -0.15) is 0 Å². The van der Waals surface area contributed by atoms with Gasteiger partial charge in [-0.05, 0) is 18.2 Å². The largest absolute Gasteiger partial charge is 0.493 e. The summed E-state index contributed by atoms with van der Waals surface area (Å²) in [5.74, 6) is 0.0141. The molecular formula is C15H12FNO3. The van der Waals surface area contributed by atoms with E-state index < -0.39 is 12.0 Å². The minimum Gasteiger partial charge on any atom is -0.493 e. The maximum Gasteiger partial charge on any atom is 0.258 e. The molecule has 4 nitrogen and oxygen atoms in total. The number of rotatable bonds is 2. The Labute approximate surface area is 115 Å².